The molecule has 1 aliphatic heterocycles. The summed E-state index contributed by atoms with van der Waals surface area (Å²) in [6.45, 7) is 6.97. The van der Waals surface area contributed by atoms with E-state index in [1.54, 1.807) is 18.4 Å². The number of nitrogens with zero attached hydrogens (tertiary/aromatic N) is 2. The molecule has 0 radical (unpaired) electrons. The molecule has 1 aromatic heterocycles. The second kappa shape index (κ2) is 11.6. The number of para-hydroxylation sites is 1. The Kier molecular flexibility index (Phi) is 8.90. The van der Waals surface area contributed by atoms with Crippen LogP contribution in [0.25, 0.3) is 0 Å². The first-order valence-electron chi connectivity index (χ1n) is 11.0. The summed E-state index contributed by atoms with van der Waals surface area (Å²) in [4.78, 5) is 18.7. The van der Waals surface area contributed by atoms with Crippen molar-refractivity contribution in [3.05, 3.63) is 51.7 Å². The van der Waals surface area contributed by atoms with Crippen LogP contribution in [0.2, 0.25) is 0 Å². The molecular weight excluding hydrogens is 412 g/mol. The number of amides is 1. The van der Waals surface area contributed by atoms with E-state index in [-0.39, 0.29) is 25.1 Å². The van der Waals surface area contributed by atoms with Gasteiger partial charge in [-0.1, -0.05) is 25.1 Å². The molecule has 2 atom stereocenters. The number of hydrogen-bond donors (Lipinski definition) is 1. The lowest BCUT2D eigenvalue weighted by Gasteiger charge is -2.37. The van der Waals surface area contributed by atoms with Gasteiger partial charge in [0.15, 0.2) is 0 Å². The number of carbonyl (C=O) groups is 1. The predicted octanol–water partition coefficient (Wildman–Crippen LogP) is 3.28. The van der Waals surface area contributed by atoms with E-state index in [0.29, 0.717) is 19.7 Å². The number of aryl methyl sites for hydroxylation is 1. The minimum absolute atomic E-state index is 0.0771. The van der Waals surface area contributed by atoms with Crippen molar-refractivity contribution in [1.82, 2.24) is 9.80 Å². The summed E-state index contributed by atoms with van der Waals surface area (Å²) in [7, 11) is 1.57. The molecule has 1 aliphatic rings. The lowest BCUT2D eigenvalue weighted by atomic mass is 10.00. The lowest BCUT2D eigenvalue weighted by molar-refractivity contribution is -0.136. The Labute approximate surface area is 189 Å². The highest BCUT2D eigenvalue weighted by Crippen LogP contribution is 2.34. The van der Waals surface area contributed by atoms with Crippen molar-refractivity contribution in [1.29, 1.82) is 0 Å². The van der Waals surface area contributed by atoms with Crippen LogP contribution in [0.5, 0.6) is 5.75 Å². The highest BCUT2D eigenvalue weighted by atomic mass is 32.1. The van der Waals surface area contributed by atoms with Gasteiger partial charge in [0.2, 0.25) is 5.91 Å². The summed E-state index contributed by atoms with van der Waals surface area (Å²) in [6.07, 6.45) is 1.19. The van der Waals surface area contributed by atoms with Gasteiger partial charge in [-0.25, -0.2) is 0 Å². The van der Waals surface area contributed by atoms with E-state index in [9.17, 15) is 9.90 Å². The smallest absolute Gasteiger partial charge is 0.237 e. The Morgan fingerprint density at radius 1 is 1.35 bits per heavy atom. The maximum Gasteiger partial charge on any atom is 0.237 e. The molecule has 7 heteroatoms. The van der Waals surface area contributed by atoms with E-state index in [2.05, 4.69) is 18.4 Å². The van der Waals surface area contributed by atoms with E-state index in [1.165, 1.54) is 10.4 Å². The Morgan fingerprint density at radius 3 is 2.90 bits per heavy atom. The Morgan fingerprint density at radius 2 is 2.16 bits per heavy atom. The molecule has 1 N–H and O–H groups in total. The Balaban J connectivity index is 1.72. The fourth-order valence-electron chi connectivity index (χ4n) is 4.14. The van der Waals surface area contributed by atoms with Gasteiger partial charge in [0.1, 0.15) is 12.4 Å². The molecule has 31 heavy (non-hydrogen) atoms. The molecule has 2 unspecified atom stereocenters. The second-order valence-electron chi connectivity index (χ2n) is 8.07. The van der Waals surface area contributed by atoms with Crippen molar-refractivity contribution in [3.8, 4) is 5.75 Å². The molecule has 2 aromatic rings. The molecule has 0 aliphatic carbocycles. The minimum Gasteiger partial charge on any atom is -0.491 e. The van der Waals surface area contributed by atoms with E-state index >= 15 is 0 Å². The van der Waals surface area contributed by atoms with Crippen LogP contribution in [0, 0.1) is 6.92 Å². The van der Waals surface area contributed by atoms with Crippen LogP contribution >= 0.6 is 11.3 Å². The third-order valence-electron chi connectivity index (χ3n) is 5.63. The fourth-order valence-corrected chi connectivity index (χ4v) is 5.07. The first kappa shape index (κ1) is 23.7. The lowest BCUT2D eigenvalue weighted by Crippen LogP contribution is -2.48. The fraction of sp³-hybridized carbons (Fsp3) is 0.542. The quantitative estimate of drug-likeness (QED) is 0.574. The zero-order chi connectivity index (χ0) is 22.2. The van der Waals surface area contributed by atoms with Gasteiger partial charge in [0.25, 0.3) is 0 Å². The van der Waals surface area contributed by atoms with Crippen molar-refractivity contribution in [2.24, 2.45) is 0 Å². The number of carbonyl (C=O) groups excluding carboxylic acids is 1. The molecular formula is C24H34N2O4S. The van der Waals surface area contributed by atoms with Crippen LogP contribution in [0.1, 0.15) is 35.4 Å². The summed E-state index contributed by atoms with van der Waals surface area (Å²) in [5.41, 5.74) is 2.28. The molecule has 0 spiro atoms. The number of fused-ring (bicyclic) bond motifs is 1. The zero-order valence-electron chi connectivity index (χ0n) is 18.8. The van der Waals surface area contributed by atoms with Crippen LogP contribution in [0.4, 0.5) is 0 Å². The van der Waals surface area contributed by atoms with E-state index < -0.39 is 6.10 Å². The average Bonchev–Trinajstić information content (AvgIpc) is 3.22. The third-order valence-corrected chi connectivity index (χ3v) is 6.63. The van der Waals surface area contributed by atoms with Gasteiger partial charge < -0.3 is 19.5 Å². The Bertz CT molecular complexity index is 840. The first-order chi connectivity index (χ1) is 15.0. The number of methoxy groups -OCH3 is 1. The normalized spacial score (nSPS) is 16.9. The van der Waals surface area contributed by atoms with Crippen molar-refractivity contribution in [2.45, 2.75) is 38.8 Å². The van der Waals surface area contributed by atoms with Crippen LogP contribution in [0.3, 0.4) is 0 Å². The van der Waals surface area contributed by atoms with Gasteiger partial charge in [0, 0.05) is 25.1 Å². The number of benzene rings is 1. The maximum atomic E-state index is 13.4. The molecule has 170 valence electrons. The van der Waals surface area contributed by atoms with Crippen molar-refractivity contribution < 1.29 is 19.4 Å². The number of thiophene rings is 1. The topological polar surface area (TPSA) is 62.2 Å². The number of hydrogen-bond acceptors (Lipinski definition) is 6. The molecule has 0 saturated heterocycles. The summed E-state index contributed by atoms with van der Waals surface area (Å²) >= 11 is 1.75. The van der Waals surface area contributed by atoms with Crippen LogP contribution in [-0.4, -0.2) is 73.4 Å². The number of aliphatic hydroxyl groups excluding tert-OH is 1. The van der Waals surface area contributed by atoms with Crippen molar-refractivity contribution in [2.75, 3.05) is 46.5 Å². The van der Waals surface area contributed by atoms with Gasteiger partial charge in [-0.3, -0.25) is 9.69 Å². The average molecular weight is 447 g/mol. The number of aliphatic hydroxyl groups is 1. The highest BCUT2D eigenvalue weighted by molar-refractivity contribution is 7.10. The van der Waals surface area contributed by atoms with E-state index in [4.69, 9.17) is 9.47 Å². The summed E-state index contributed by atoms with van der Waals surface area (Å²) in [6, 6.07) is 9.99. The summed E-state index contributed by atoms with van der Waals surface area (Å²) in [5.74, 6) is 0.931. The standard InChI is InChI=1S/C24H34N2O4S/c1-4-11-25(14-19(27)16-29-3)15-24(28)26-12-9-23-20(10-13-31-23)21(26)17-30-22-8-6-5-7-18(22)2/h5-8,10,13,19,21,27H,4,9,11-12,14-17H2,1-3H3. The maximum absolute atomic E-state index is 13.4. The van der Waals surface area contributed by atoms with Gasteiger partial charge in [0.05, 0.1) is 25.3 Å². The molecule has 1 amide bonds. The van der Waals surface area contributed by atoms with Crippen LogP contribution < -0.4 is 4.74 Å². The van der Waals surface area contributed by atoms with Crippen molar-refractivity contribution >= 4 is 17.2 Å². The number of rotatable bonds is 11. The third kappa shape index (κ3) is 6.29. The number of ether oxygens (including phenoxy) is 2. The Hall–Kier alpha value is -1.93. The molecule has 0 fully saturated rings. The van der Waals surface area contributed by atoms with Gasteiger partial charge in [-0.15, -0.1) is 11.3 Å². The van der Waals surface area contributed by atoms with Crippen LogP contribution in [0.15, 0.2) is 35.7 Å². The molecule has 6 nitrogen and oxygen atoms in total. The largest absolute Gasteiger partial charge is 0.491 e. The zero-order valence-corrected chi connectivity index (χ0v) is 19.6. The van der Waals surface area contributed by atoms with Gasteiger partial charge in [-0.2, -0.15) is 0 Å². The van der Waals surface area contributed by atoms with Gasteiger partial charge in [-0.05, 0) is 54.9 Å². The molecule has 1 aromatic carbocycles. The molecule has 0 saturated carbocycles. The predicted molar refractivity (Wildman–Crippen MR) is 124 cm³/mol. The van der Waals surface area contributed by atoms with Gasteiger partial charge >= 0.3 is 0 Å². The SMILES string of the molecule is CCCN(CC(=O)N1CCc2sccc2C1COc1ccccc1C)CC(O)COC. The van der Waals surface area contributed by atoms with Crippen molar-refractivity contribution in [3.63, 3.8) is 0 Å². The van der Waals surface area contributed by atoms with E-state index in [1.807, 2.05) is 41.0 Å². The second-order valence-corrected chi connectivity index (χ2v) is 9.07. The summed E-state index contributed by atoms with van der Waals surface area (Å²) < 4.78 is 11.2. The summed E-state index contributed by atoms with van der Waals surface area (Å²) in [5, 5.41) is 12.3. The molecule has 2 heterocycles. The highest BCUT2D eigenvalue weighted by Gasteiger charge is 2.33. The minimum atomic E-state index is -0.602. The molecule has 0 bridgehead atoms. The monoisotopic (exact) mass is 446 g/mol. The first-order valence-corrected chi connectivity index (χ1v) is 11.8. The molecule has 3 rings (SSSR count). The van der Waals surface area contributed by atoms with Crippen LogP contribution in [-0.2, 0) is 16.0 Å². The van der Waals surface area contributed by atoms with E-state index in [0.717, 1.165) is 30.7 Å².